The first-order chi connectivity index (χ1) is 16.0. The topological polar surface area (TPSA) is 97.0 Å². The second-order valence-corrected chi connectivity index (χ2v) is 8.20. The van der Waals surface area contributed by atoms with E-state index >= 15 is 4.39 Å². The van der Waals surface area contributed by atoms with Crippen LogP contribution in [-0.4, -0.2) is 51.4 Å². The molecular weight excluding hydrogens is 419 g/mol. The summed E-state index contributed by atoms with van der Waals surface area (Å²) in [5.41, 5.74) is 9.33. The Morgan fingerprint density at radius 1 is 1.18 bits per heavy atom. The summed E-state index contributed by atoms with van der Waals surface area (Å²) in [6, 6.07) is 8.48. The Morgan fingerprint density at radius 3 is 2.70 bits per heavy atom. The number of nitrogen functional groups attached to an aromatic ring is 1. The molecule has 4 rings (SSSR count). The van der Waals surface area contributed by atoms with Crippen LogP contribution in [0.4, 0.5) is 10.2 Å². The highest BCUT2D eigenvalue weighted by molar-refractivity contribution is 5.95. The van der Waals surface area contributed by atoms with Gasteiger partial charge in [0.15, 0.2) is 0 Å². The van der Waals surface area contributed by atoms with E-state index < -0.39 is 11.7 Å². The maximum Gasteiger partial charge on any atom is 0.254 e. The summed E-state index contributed by atoms with van der Waals surface area (Å²) in [6.07, 6.45) is 5.99. The molecule has 1 aliphatic heterocycles. The van der Waals surface area contributed by atoms with Crippen molar-refractivity contribution in [2.24, 2.45) is 0 Å². The smallest absolute Gasteiger partial charge is 0.254 e. The molecule has 1 aromatic carbocycles. The summed E-state index contributed by atoms with van der Waals surface area (Å²) < 4.78 is 15.1. The van der Waals surface area contributed by atoms with Crippen LogP contribution >= 0.6 is 0 Å². The lowest BCUT2D eigenvalue weighted by Crippen LogP contribution is -2.40. The van der Waals surface area contributed by atoms with Gasteiger partial charge in [-0.15, -0.1) is 0 Å². The highest BCUT2D eigenvalue weighted by Crippen LogP contribution is 2.33. The van der Waals surface area contributed by atoms with Crippen molar-refractivity contribution >= 4 is 11.7 Å². The molecular formula is C25H29FN6O. The number of nitrogens with two attached hydrogens (primary N) is 1. The number of anilines is 1. The molecule has 0 spiro atoms. The van der Waals surface area contributed by atoms with Gasteiger partial charge in [-0.3, -0.25) is 9.69 Å². The molecule has 1 saturated heterocycles. The second kappa shape index (κ2) is 10.0. The Morgan fingerprint density at radius 2 is 2.00 bits per heavy atom. The van der Waals surface area contributed by atoms with Gasteiger partial charge in [-0.1, -0.05) is 19.9 Å². The van der Waals surface area contributed by atoms with E-state index in [1.54, 1.807) is 18.3 Å². The number of pyridine rings is 1. The van der Waals surface area contributed by atoms with Gasteiger partial charge in [-0.05, 0) is 56.6 Å². The predicted molar refractivity (Wildman–Crippen MR) is 127 cm³/mol. The Labute approximate surface area is 193 Å². The molecule has 0 bridgehead atoms. The van der Waals surface area contributed by atoms with Gasteiger partial charge in [0.25, 0.3) is 5.91 Å². The SMILES string of the molecule is CCc1ncnc(-c2ccc(C(=O)NC[C@H]3CCCN3CC)c(F)c2)c1-c1ccc(N)nc1. The molecule has 1 fully saturated rings. The number of nitrogens with one attached hydrogen (secondary N) is 1. The normalized spacial score (nSPS) is 16.2. The van der Waals surface area contributed by atoms with Gasteiger partial charge in [0.05, 0.1) is 17.0 Å². The highest BCUT2D eigenvalue weighted by Gasteiger charge is 2.24. The Hall–Kier alpha value is -3.39. The van der Waals surface area contributed by atoms with Gasteiger partial charge in [-0.25, -0.2) is 19.3 Å². The number of likely N-dealkylation sites (N-methyl/N-ethyl adjacent to an activating group) is 1. The Kier molecular flexibility index (Phi) is 6.93. The molecule has 3 aromatic rings. The van der Waals surface area contributed by atoms with Crippen molar-refractivity contribution in [3.63, 3.8) is 0 Å². The number of hydrogen-bond donors (Lipinski definition) is 2. The van der Waals surface area contributed by atoms with Crippen LogP contribution in [0.1, 0.15) is 42.7 Å². The number of nitrogens with zero attached hydrogens (tertiary/aromatic N) is 4. The average Bonchev–Trinajstić information content (AvgIpc) is 3.30. The van der Waals surface area contributed by atoms with Gasteiger partial charge >= 0.3 is 0 Å². The standard InChI is InChI=1S/C25H29FN6O/c1-3-21-23(17-8-10-22(27)28-13-17)24(31-15-30-21)16-7-9-19(20(26)12-16)25(33)29-14-18-6-5-11-32(18)4-2/h7-10,12-13,15,18H,3-6,11,14H2,1-2H3,(H2,27,28)(H,29,33)/t18-/m1/s1. The van der Waals surface area contributed by atoms with Crippen molar-refractivity contribution in [1.29, 1.82) is 0 Å². The predicted octanol–water partition coefficient (Wildman–Crippen LogP) is 3.70. The minimum atomic E-state index is -0.582. The summed E-state index contributed by atoms with van der Waals surface area (Å²) in [5, 5.41) is 2.90. The first kappa shape index (κ1) is 22.8. The lowest BCUT2D eigenvalue weighted by Gasteiger charge is -2.23. The third-order valence-corrected chi connectivity index (χ3v) is 6.23. The minimum Gasteiger partial charge on any atom is -0.384 e. The highest BCUT2D eigenvalue weighted by atomic mass is 19.1. The summed E-state index contributed by atoms with van der Waals surface area (Å²) >= 11 is 0. The zero-order valence-electron chi connectivity index (χ0n) is 19.0. The van der Waals surface area contributed by atoms with E-state index in [1.165, 1.54) is 18.5 Å². The van der Waals surface area contributed by atoms with E-state index in [0.29, 0.717) is 36.1 Å². The van der Waals surface area contributed by atoms with Crippen LogP contribution < -0.4 is 11.1 Å². The lowest BCUT2D eigenvalue weighted by molar-refractivity contribution is 0.0937. The van der Waals surface area contributed by atoms with Crippen LogP contribution in [0.2, 0.25) is 0 Å². The number of carbonyl (C=O) groups is 1. The fourth-order valence-corrected chi connectivity index (χ4v) is 4.46. The number of benzene rings is 1. The number of aromatic nitrogens is 3. The quantitative estimate of drug-likeness (QED) is 0.572. The fraction of sp³-hybridized carbons (Fsp3) is 0.360. The summed E-state index contributed by atoms with van der Waals surface area (Å²) in [6.45, 7) is 6.63. The Bertz CT molecular complexity index is 1130. The molecule has 3 N–H and O–H groups in total. The summed E-state index contributed by atoms with van der Waals surface area (Å²) in [5.74, 6) is -0.569. The summed E-state index contributed by atoms with van der Waals surface area (Å²) in [4.78, 5) is 28.0. The zero-order valence-corrected chi connectivity index (χ0v) is 19.0. The molecule has 172 valence electrons. The van der Waals surface area contributed by atoms with E-state index in [4.69, 9.17) is 5.73 Å². The summed E-state index contributed by atoms with van der Waals surface area (Å²) in [7, 11) is 0. The molecule has 0 unspecified atom stereocenters. The van der Waals surface area contributed by atoms with Gasteiger partial charge < -0.3 is 11.1 Å². The van der Waals surface area contributed by atoms with E-state index in [9.17, 15) is 4.79 Å². The van der Waals surface area contributed by atoms with E-state index in [-0.39, 0.29) is 5.56 Å². The van der Waals surface area contributed by atoms with Gasteiger partial charge in [-0.2, -0.15) is 0 Å². The third kappa shape index (κ3) is 4.85. The van der Waals surface area contributed by atoms with Crippen molar-refractivity contribution in [2.45, 2.75) is 39.2 Å². The van der Waals surface area contributed by atoms with Crippen LogP contribution in [0.5, 0.6) is 0 Å². The lowest BCUT2D eigenvalue weighted by atomic mass is 9.97. The molecule has 7 nitrogen and oxygen atoms in total. The third-order valence-electron chi connectivity index (χ3n) is 6.23. The van der Waals surface area contributed by atoms with Gasteiger partial charge in [0.2, 0.25) is 0 Å². The van der Waals surface area contributed by atoms with E-state index in [2.05, 4.69) is 32.1 Å². The van der Waals surface area contributed by atoms with Crippen molar-refractivity contribution in [1.82, 2.24) is 25.2 Å². The average molecular weight is 449 g/mol. The number of hydrogen-bond acceptors (Lipinski definition) is 6. The monoisotopic (exact) mass is 448 g/mol. The number of carbonyl (C=O) groups excluding carboxylic acids is 1. The van der Waals surface area contributed by atoms with Crippen molar-refractivity contribution in [2.75, 3.05) is 25.4 Å². The largest absolute Gasteiger partial charge is 0.384 e. The van der Waals surface area contributed by atoms with Crippen LogP contribution in [0.15, 0.2) is 42.9 Å². The number of amides is 1. The van der Waals surface area contributed by atoms with Gasteiger partial charge in [0, 0.05) is 35.5 Å². The van der Waals surface area contributed by atoms with E-state index in [0.717, 1.165) is 42.8 Å². The van der Waals surface area contributed by atoms with Crippen LogP contribution in [0.25, 0.3) is 22.4 Å². The van der Waals surface area contributed by atoms with Crippen LogP contribution in [-0.2, 0) is 6.42 Å². The van der Waals surface area contributed by atoms with Gasteiger partial charge in [0.1, 0.15) is 18.0 Å². The minimum absolute atomic E-state index is 0.0280. The maximum atomic E-state index is 15.1. The van der Waals surface area contributed by atoms with Crippen molar-refractivity contribution in [3.8, 4) is 22.4 Å². The first-order valence-electron chi connectivity index (χ1n) is 11.4. The number of rotatable bonds is 7. The van der Waals surface area contributed by atoms with Crippen molar-refractivity contribution < 1.29 is 9.18 Å². The molecule has 1 atom stereocenters. The molecule has 33 heavy (non-hydrogen) atoms. The molecule has 1 amide bonds. The second-order valence-electron chi connectivity index (χ2n) is 8.20. The zero-order chi connectivity index (χ0) is 23.4. The molecule has 0 saturated carbocycles. The van der Waals surface area contributed by atoms with Crippen LogP contribution in [0.3, 0.4) is 0 Å². The number of aryl methyl sites for hydroxylation is 1. The van der Waals surface area contributed by atoms with Crippen molar-refractivity contribution in [3.05, 3.63) is 59.9 Å². The Balaban J connectivity index is 1.60. The van der Waals surface area contributed by atoms with E-state index in [1.807, 2.05) is 13.0 Å². The molecule has 8 heteroatoms. The van der Waals surface area contributed by atoms with Crippen LogP contribution in [0, 0.1) is 5.82 Å². The maximum absolute atomic E-state index is 15.1. The molecule has 0 aliphatic carbocycles. The molecule has 2 aromatic heterocycles. The molecule has 3 heterocycles. The molecule has 0 radical (unpaired) electrons. The molecule has 1 aliphatic rings. The number of likely N-dealkylation sites (tertiary alicyclic amines) is 1. The fourth-order valence-electron chi connectivity index (χ4n) is 4.46. The first-order valence-corrected chi connectivity index (χ1v) is 11.4. The number of halogens is 1.